The molecule has 0 fully saturated rings. The third-order valence-electron chi connectivity index (χ3n) is 6.00. The van der Waals surface area contributed by atoms with Gasteiger partial charge in [-0.3, -0.25) is 0 Å². The summed E-state index contributed by atoms with van der Waals surface area (Å²) >= 11 is 1.77. The molecule has 0 N–H and O–H groups in total. The molecular formula is C29H20OS. The van der Waals surface area contributed by atoms with Gasteiger partial charge in [0.1, 0.15) is 11.2 Å². The minimum absolute atomic E-state index is 0.931. The van der Waals surface area contributed by atoms with Gasteiger partial charge in [0.2, 0.25) is 0 Å². The van der Waals surface area contributed by atoms with E-state index in [-0.39, 0.29) is 0 Å². The minimum atomic E-state index is 0.931. The van der Waals surface area contributed by atoms with Crippen molar-refractivity contribution in [3.05, 3.63) is 103 Å². The molecule has 148 valence electrons. The highest BCUT2D eigenvalue weighted by Gasteiger charge is 2.11. The lowest BCUT2D eigenvalue weighted by Gasteiger charge is -2.06. The van der Waals surface area contributed by atoms with E-state index in [1.807, 2.05) is 0 Å². The van der Waals surface area contributed by atoms with Crippen LogP contribution in [0.3, 0.4) is 0 Å². The fraction of sp³-hybridized carbons (Fsp3) is 0.0345. The molecule has 0 bridgehead atoms. The van der Waals surface area contributed by atoms with Gasteiger partial charge in [0.05, 0.1) is 0 Å². The average molecular weight is 417 g/mol. The van der Waals surface area contributed by atoms with Crippen LogP contribution in [0.1, 0.15) is 0 Å². The van der Waals surface area contributed by atoms with Crippen molar-refractivity contribution in [3.63, 3.8) is 0 Å². The molecule has 0 radical (unpaired) electrons. The van der Waals surface area contributed by atoms with Crippen molar-refractivity contribution < 1.29 is 4.42 Å². The highest BCUT2D eigenvalue weighted by Crippen LogP contribution is 2.37. The lowest BCUT2D eigenvalue weighted by molar-refractivity contribution is 0.669. The van der Waals surface area contributed by atoms with Crippen LogP contribution in [-0.4, -0.2) is 6.26 Å². The summed E-state index contributed by atoms with van der Waals surface area (Å²) in [6, 6.07) is 36.8. The average Bonchev–Trinajstić information content (AvgIpc) is 3.22. The van der Waals surface area contributed by atoms with Gasteiger partial charge in [-0.1, -0.05) is 72.8 Å². The monoisotopic (exact) mass is 416 g/mol. The first kappa shape index (κ1) is 18.3. The van der Waals surface area contributed by atoms with Crippen LogP contribution in [0, 0.1) is 0 Å². The zero-order valence-corrected chi connectivity index (χ0v) is 17.9. The zero-order valence-electron chi connectivity index (χ0n) is 17.1. The minimum Gasteiger partial charge on any atom is -0.456 e. The molecule has 0 spiro atoms. The maximum absolute atomic E-state index is 6.15. The summed E-state index contributed by atoms with van der Waals surface area (Å²) in [5.74, 6) is 0. The van der Waals surface area contributed by atoms with E-state index in [1.54, 1.807) is 11.8 Å². The van der Waals surface area contributed by atoms with E-state index in [0.717, 1.165) is 11.2 Å². The summed E-state index contributed by atoms with van der Waals surface area (Å²) in [5.41, 5.74) is 6.76. The Hall–Kier alpha value is -3.49. The van der Waals surface area contributed by atoms with E-state index in [0.29, 0.717) is 0 Å². The Labute approximate surface area is 185 Å². The molecule has 0 aliphatic rings. The van der Waals surface area contributed by atoms with Gasteiger partial charge in [0.25, 0.3) is 0 Å². The molecule has 0 amide bonds. The Bertz CT molecular complexity index is 1540. The molecule has 31 heavy (non-hydrogen) atoms. The van der Waals surface area contributed by atoms with Crippen molar-refractivity contribution in [2.24, 2.45) is 0 Å². The van der Waals surface area contributed by atoms with Gasteiger partial charge in [-0.25, -0.2) is 0 Å². The summed E-state index contributed by atoms with van der Waals surface area (Å²) in [7, 11) is 0. The molecule has 1 heterocycles. The Morgan fingerprint density at radius 2 is 1.16 bits per heavy atom. The topological polar surface area (TPSA) is 13.1 Å². The summed E-state index contributed by atoms with van der Waals surface area (Å²) in [5, 5.41) is 4.83. The quantitative estimate of drug-likeness (QED) is 0.267. The molecule has 0 saturated heterocycles. The predicted octanol–water partition coefficient (Wildman–Crippen LogP) is 8.80. The highest BCUT2D eigenvalue weighted by molar-refractivity contribution is 7.98. The van der Waals surface area contributed by atoms with Crippen LogP contribution in [0.4, 0.5) is 0 Å². The zero-order chi connectivity index (χ0) is 20.8. The summed E-state index contributed by atoms with van der Waals surface area (Å²) in [4.78, 5) is 1.29. The van der Waals surface area contributed by atoms with E-state index in [9.17, 15) is 0 Å². The third-order valence-corrected chi connectivity index (χ3v) is 6.74. The van der Waals surface area contributed by atoms with Crippen molar-refractivity contribution in [2.45, 2.75) is 4.90 Å². The standard InChI is InChI=1S/C29H20OS/c1-31-24-14-10-20(11-15-24)19-6-8-21(9-7-19)23-13-16-27-26(18-23)29-25-5-3-2-4-22(25)12-17-28(29)30-27/h2-18H,1H3. The van der Waals surface area contributed by atoms with E-state index in [2.05, 4.69) is 109 Å². The molecule has 0 saturated carbocycles. The van der Waals surface area contributed by atoms with Gasteiger partial charge in [-0.15, -0.1) is 11.8 Å². The van der Waals surface area contributed by atoms with E-state index in [4.69, 9.17) is 4.42 Å². The lowest BCUT2D eigenvalue weighted by atomic mass is 9.98. The van der Waals surface area contributed by atoms with Gasteiger partial charge in [-0.2, -0.15) is 0 Å². The van der Waals surface area contributed by atoms with Crippen LogP contribution < -0.4 is 0 Å². The number of fused-ring (bicyclic) bond motifs is 5. The second kappa shape index (κ2) is 7.33. The van der Waals surface area contributed by atoms with Crippen LogP contribution in [0.25, 0.3) is 55.0 Å². The van der Waals surface area contributed by atoms with Gasteiger partial charge in [-0.05, 0) is 69.6 Å². The number of hydrogen-bond donors (Lipinski definition) is 0. The number of furan rings is 1. The highest BCUT2D eigenvalue weighted by atomic mass is 32.2. The lowest BCUT2D eigenvalue weighted by Crippen LogP contribution is -1.81. The van der Waals surface area contributed by atoms with Crippen LogP contribution in [-0.2, 0) is 0 Å². The smallest absolute Gasteiger partial charge is 0.136 e. The molecule has 1 aromatic heterocycles. The summed E-state index contributed by atoms with van der Waals surface area (Å²) in [6.45, 7) is 0. The van der Waals surface area contributed by atoms with E-state index < -0.39 is 0 Å². The first-order valence-corrected chi connectivity index (χ1v) is 11.6. The number of thioether (sulfide) groups is 1. The van der Waals surface area contributed by atoms with Crippen molar-refractivity contribution >= 4 is 44.5 Å². The maximum atomic E-state index is 6.15. The second-order valence-electron chi connectivity index (χ2n) is 7.78. The van der Waals surface area contributed by atoms with Crippen molar-refractivity contribution in [1.29, 1.82) is 0 Å². The number of benzene rings is 5. The molecule has 6 aromatic rings. The summed E-state index contributed by atoms with van der Waals surface area (Å²) < 4.78 is 6.15. The largest absolute Gasteiger partial charge is 0.456 e. The SMILES string of the molecule is CSc1ccc(-c2ccc(-c3ccc4oc5ccc6ccccc6c5c4c3)cc2)cc1. The van der Waals surface area contributed by atoms with Crippen LogP contribution >= 0.6 is 11.8 Å². The molecule has 5 aromatic carbocycles. The Morgan fingerprint density at radius 3 is 1.90 bits per heavy atom. The normalized spacial score (nSPS) is 11.5. The Morgan fingerprint density at radius 1 is 0.548 bits per heavy atom. The van der Waals surface area contributed by atoms with E-state index >= 15 is 0 Å². The Kier molecular flexibility index (Phi) is 4.33. The fourth-order valence-corrected chi connectivity index (χ4v) is 4.77. The van der Waals surface area contributed by atoms with Crippen LogP contribution in [0.15, 0.2) is 112 Å². The fourth-order valence-electron chi connectivity index (χ4n) is 4.37. The number of rotatable bonds is 3. The van der Waals surface area contributed by atoms with Crippen molar-refractivity contribution in [2.75, 3.05) is 6.26 Å². The predicted molar refractivity (Wildman–Crippen MR) is 134 cm³/mol. The first-order valence-electron chi connectivity index (χ1n) is 10.4. The van der Waals surface area contributed by atoms with Gasteiger partial charge in [0.15, 0.2) is 0 Å². The molecule has 6 rings (SSSR count). The van der Waals surface area contributed by atoms with E-state index in [1.165, 1.54) is 48.7 Å². The van der Waals surface area contributed by atoms with Gasteiger partial charge < -0.3 is 4.42 Å². The first-order chi connectivity index (χ1) is 15.3. The maximum Gasteiger partial charge on any atom is 0.136 e. The van der Waals surface area contributed by atoms with Crippen LogP contribution in [0.2, 0.25) is 0 Å². The van der Waals surface area contributed by atoms with Gasteiger partial charge in [0, 0.05) is 15.7 Å². The molecule has 0 aliphatic heterocycles. The van der Waals surface area contributed by atoms with Gasteiger partial charge >= 0.3 is 0 Å². The Balaban J connectivity index is 1.45. The third kappa shape index (κ3) is 3.11. The second-order valence-corrected chi connectivity index (χ2v) is 8.66. The van der Waals surface area contributed by atoms with Crippen LogP contribution in [0.5, 0.6) is 0 Å². The molecule has 0 aliphatic carbocycles. The number of hydrogen-bond acceptors (Lipinski definition) is 2. The summed E-state index contributed by atoms with van der Waals surface area (Å²) in [6.07, 6.45) is 2.10. The molecular weight excluding hydrogens is 396 g/mol. The molecule has 0 unspecified atom stereocenters. The molecule has 1 nitrogen and oxygen atoms in total. The molecule has 0 atom stereocenters. The van der Waals surface area contributed by atoms with Crippen molar-refractivity contribution in [3.8, 4) is 22.3 Å². The molecule has 2 heteroatoms. The van der Waals surface area contributed by atoms with Crippen molar-refractivity contribution in [1.82, 2.24) is 0 Å².